The topological polar surface area (TPSA) is 60.0 Å². The van der Waals surface area contributed by atoms with Crippen molar-refractivity contribution in [3.8, 4) is 0 Å². The summed E-state index contributed by atoms with van der Waals surface area (Å²) in [6, 6.07) is -1.14. The molecule has 6 nitrogen and oxygen atoms in total. The van der Waals surface area contributed by atoms with E-state index in [1.54, 1.807) is 0 Å². The molecule has 0 bridgehead atoms. The van der Waals surface area contributed by atoms with Crippen molar-refractivity contribution >= 4 is 11.9 Å². The lowest BCUT2D eigenvalue weighted by molar-refractivity contribution is -0.181. The van der Waals surface area contributed by atoms with E-state index in [0.29, 0.717) is 57.7 Å². The number of hydrogen-bond acceptors (Lipinski definition) is 3. The zero-order chi connectivity index (χ0) is 20.6. The lowest BCUT2D eigenvalue weighted by Crippen LogP contribution is -2.56. The van der Waals surface area contributed by atoms with Gasteiger partial charge in [-0.2, -0.15) is 13.2 Å². The maximum Gasteiger partial charge on any atom is 0.403 e. The molecule has 1 unspecified atom stereocenters. The van der Waals surface area contributed by atoms with Crippen molar-refractivity contribution in [2.75, 3.05) is 39.3 Å². The summed E-state index contributed by atoms with van der Waals surface area (Å²) in [6.45, 7) is 5.86. The number of piperazine rings is 1. The molecule has 1 aliphatic carbocycles. The Morgan fingerprint density at radius 2 is 1.79 bits per heavy atom. The van der Waals surface area contributed by atoms with Crippen molar-refractivity contribution < 1.29 is 18.0 Å². The van der Waals surface area contributed by atoms with E-state index in [0.717, 1.165) is 12.8 Å². The second-order valence-electron chi connectivity index (χ2n) is 7.63. The van der Waals surface area contributed by atoms with Crippen LogP contribution in [0.15, 0.2) is 4.99 Å². The highest BCUT2D eigenvalue weighted by molar-refractivity contribution is 5.81. The molecular formula is C19H34F3N5O. The quantitative estimate of drug-likeness (QED) is 0.526. The number of halogens is 3. The molecule has 2 aliphatic rings. The number of alkyl halides is 3. The maximum absolute atomic E-state index is 12.9. The number of carbonyl (C=O) groups excluding carboxylic acids is 1. The fourth-order valence-electron chi connectivity index (χ4n) is 3.76. The monoisotopic (exact) mass is 405 g/mol. The van der Waals surface area contributed by atoms with E-state index in [-0.39, 0.29) is 5.91 Å². The summed E-state index contributed by atoms with van der Waals surface area (Å²) in [5.74, 6) is 0.697. The van der Waals surface area contributed by atoms with E-state index in [2.05, 4.69) is 15.6 Å². The van der Waals surface area contributed by atoms with Gasteiger partial charge in [0.2, 0.25) is 5.91 Å². The normalized spacial score (nSPS) is 21.5. The standard InChI is InChI=1S/C19H34F3N5O/c1-3-23-18(24-10-9-17(28)25-16-7-5-4-6-8-16)27-13-11-26(12-14-27)15(2)19(20,21)22/h15-16H,3-14H2,1-2H3,(H,23,24)(H,25,28). The van der Waals surface area contributed by atoms with Gasteiger partial charge in [-0.3, -0.25) is 14.7 Å². The van der Waals surface area contributed by atoms with E-state index in [4.69, 9.17) is 0 Å². The van der Waals surface area contributed by atoms with Gasteiger partial charge in [-0.1, -0.05) is 19.3 Å². The van der Waals surface area contributed by atoms with Gasteiger partial charge in [0.1, 0.15) is 6.04 Å². The van der Waals surface area contributed by atoms with Gasteiger partial charge in [-0.25, -0.2) is 0 Å². The highest BCUT2D eigenvalue weighted by Gasteiger charge is 2.41. The molecule has 1 saturated carbocycles. The molecule has 1 aliphatic heterocycles. The first-order valence-corrected chi connectivity index (χ1v) is 10.4. The molecule has 0 aromatic carbocycles. The van der Waals surface area contributed by atoms with E-state index in [1.165, 1.54) is 31.1 Å². The van der Waals surface area contributed by atoms with Crippen LogP contribution in [-0.4, -0.2) is 79.2 Å². The molecule has 2 fully saturated rings. The molecule has 1 atom stereocenters. The zero-order valence-corrected chi connectivity index (χ0v) is 17.0. The molecule has 0 aromatic heterocycles. The molecule has 2 rings (SSSR count). The summed E-state index contributed by atoms with van der Waals surface area (Å²) in [5.41, 5.74) is 0. The molecule has 0 aromatic rings. The smallest absolute Gasteiger partial charge is 0.357 e. The first-order valence-electron chi connectivity index (χ1n) is 10.4. The number of hydrogen-bond donors (Lipinski definition) is 2. The second-order valence-corrected chi connectivity index (χ2v) is 7.63. The van der Waals surface area contributed by atoms with Gasteiger partial charge in [0.25, 0.3) is 0 Å². The number of carbonyl (C=O) groups is 1. The minimum absolute atomic E-state index is 0.0234. The van der Waals surface area contributed by atoms with Crippen molar-refractivity contribution in [3.05, 3.63) is 0 Å². The lowest BCUT2D eigenvalue weighted by Gasteiger charge is -2.39. The number of amides is 1. The molecule has 0 spiro atoms. The van der Waals surface area contributed by atoms with Crippen LogP contribution >= 0.6 is 0 Å². The third kappa shape index (κ3) is 7.14. The van der Waals surface area contributed by atoms with Gasteiger partial charge < -0.3 is 15.5 Å². The molecule has 1 heterocycles. The minimum Gasteiger partial charge on any atom is -0.357 e. The minimum atomic E-state index is -4.20. The summed E-state index contributed by atoms with van der Waals surface area (Å²) < 4.78 is 38.7. The van der Waals surface area contributed by atoms with Gasteiger partial charge in [-0.15, -0.1) is 0 Å². The van der Waals surface area contributed by atoms with Crippen molar-refractivity contribution in [3.63, 3.8) is 0 Å². The average Bonchev–Trinajstić information content (AvgIpc) is 2.67. The van der Waals surface area contributed by atoms with E-state index >= 15 is 0 Å². The molecule has 28 heavy (non-hydrogen) atoms. The highest BCUT2D eigenvalue weighted by atomic mass is 19.4. The van der Waals surface area contributed by atoms with Gasteiger partial charge in [0.15, 0.2) is 5.96 Å². The molecule has 2 N–H and O–H groups in total. The predicted octanol–water partition coefficient (Wildman–Crippen LogP) is 2.36. The number of nitrogens with one attached hydrogen (secondary N) is 2. The lowest BCUT2D eigenvalue weighted by atomic mass is 9.95. The van der Waals surface area contributed by atoms with Crippen LogP contribution in [0.4, 0.5) is 13.2 Å². The first-order chi connectivity index (χ1) is 13.3. The van der Waals surface area contributed by atoms with E-state index in [1.807, 2.05) is 11.8 Å². The maximum atomic E-state index is 12.9. The van der Waals surface area contributed by atoms with Crippen LogP contribution < -0.4 is 10.6 Å². The third-order valence-electron chi connectivity index (χ3n) is 5.54. The Kier molecular flexibility index (Phi) is 8.85. The molecule has 1 saturated heterocycles. The van der Waals surface area contributed by atoms with Crippen LogP contribution in [0.25, 0.3) is 0 Å². The Hall–Kier alpha value is -1.51. The van der Waals surface area contributed by atoms with Crippen LogP contribution in [0, 0.1) is 0 Å². The van der Waals surface area contributed by atoms with Crippen LogP contribution in [0.2, 0.25) is 0 Å². The zero-order valence-electron chi connectivity index (χ0n) is 17.0. The van der Waals surface area contributed by atoms with Crippen LogP contribution in [0.5, 0.6) is 0 Å². The Bertz CT molecular complexity index is 512. The van der Waals surface area contributed by atoms with Crippen LogP contribution in [0.3, 0.4) is 0 Å². The summed E-state index contributed by atoms with van der Waals surface area (Å²) in [5, 5.41) is 6.27. The summed E-state index contributed by atoms with van der Waals surface area (Å²) >= 11 is 0. The van der Waals surface area contributed by atoms with Gasteiger partial charge in [-0.05, 0) is 26.7 Å². The molecular weight excluding hydrogens is 371 g/mol. The Morgan fingerprint density at radius 3 is 2.36 bits per heavy atom. The molecule has 1 amide bonds. The van der Waals surface area contributed by atoms with Crippen molar-refractivity contribution in [1.29, 1.82) is 0 Å². The number of guanidine groups is 1. The van der Waals surface area contributed by atoms with E-state index in [9.17, 15) is 18.0 Å². The Balaban J connectivity index is 1.79. The fourth-order valence-corrected chi connectivity index (χ4v) is 3.76. The number of nitrogens with zero attached hydrogens (tertiary/aromatic N) is 3. The molecule has 9 heteroatoms. The molecule has 0 radical (unpaired) electrons. The van der Waals surface area contributed by atoms with Crippen LogP contribution in [-0.2, 0) is 4.79 Å². The SMILES string of the molecule is CCNC(=NCCC(=O)NC1CCCCC1)N1CCN(C(C)C(F)(F)F)CC1. The average molecular weight is 406 g/mol. The van der Waals surface area contributed by atoms with Crippen molar-refractivity contribution in [2.24, 2.45) is 4.99 Å². The van der Waals surface area contributed by atoms with Gasteiger partial charge in [0, 0.05) is 45.2 Å². The van der Waals surface area contributed by atoms with Gasteiger partial charge in [0.05, 0.1) is 6.54 Å². The highest BCUT2D eigenvalue weighted by Crippen LogP contribution is 2.25. The Morgan fingerprint density at radius 1 is 1.14 bits per heavy atom. The first kappa shape index (κ1) is 22.8. The van der Waals surface area contributed by atoms with Crippen LogP contribution in [0.1, 0.15) is 52.4 Å². The summed E-state index contributed by atoms with van der Waals surface area (Å²) in [6.07, 6.45) is 1.83. The fraction of sp³-hybridized carbons (Fsp3) is 0.895. The number of aliphatic imine (C=N–C) groups is 1. The Labute approximate surface area is 165 Å². The second kappa shape index (κ2) is 10.9. The third-order valence-corrected chi connectivity index (χ3v) is 5.54. The van der Waals surface area contributed by atoms with Crippen molar-refractivity contribution in [2.45, 2.75) is 70.6 Å². The number of rotatable bonds is 6. The van der Waals surface area contributed by atoms with E-state index < -0.39 is 12.2 Å². The summed E-state index contributed by atoms with van der Waals surface area (Å²) in [4.78, 5) is 20.1. The molecule has 162 valence electrons. The predicted molar refractivity (Wildman–Crippen MR) is 104 cm³/mol. The largest absolute Gasteiger partial charge is 0.403 e. The summed E-state index contributed by atoms with van der Waals surface area (Å²) in [7, 11) is 0. The van der Waals surface area contributed by atoms with Gasteiger partial charge >= 0.3 is 6.18 Å². The van der Waals surface area contributed by atoms with Crippen molar-refractivity contribution in [1.82, 2.24) is 20.4 Å².